The number of aryl methyl sites for hydroxylation is 1. The molecule has 3 aromatic rings. The predicted molar refractivity (Wildman–Crippen MR) is 113 cm³/mol. The van der Waals surface area contributed by atoms with Gasteiger partial charge in [-0.2, -0.15) is 0 Å². The Bertz CT molecular complexity index is 1110. The van der Waals surface area contributed by atoms with E-state index in [-0.39, 0.29) is 21.5 Å². The van der Waals surface area contributed by atoms with E-state index in [0.29, 0.717) is 16.3 Å². The van der Waals surface area contributed by atoms with Gasteiger partial charge < -0.3 is 5.32 Å². The highest BCUT2D eigenvalue weighted by atomic mass is 35.5. The van der Waals surface area contributed by atoms with Gasteiger partial charge in [0.1, 0.15) is 0 Å². The van der Waals surface area contributed by atoms with E-state index in [1.54, 1.807) is 36.4 Å². The summed E-state index contributed by atoms with van der Waals surface area (Å²) in [6.45, 7) is 1.87. The maximum absolute atomic E-state index is 12.5. The van der Waals surface area contributed by atoms with E-state index in [9.17, 15) is 13.2 Å². The molecule has 0 bridgehead atoms. The quantitative estimate of drug-likeness (QED) is 0.567. The number of carbonyl (C=O) groups is 1. The summed E-state index contributed by atoms with van der Waals surface area (Å²) in [6, 6.07) is 17.5. The molecule has 0 spiro atoms. The molecule has 0 saturated carbocycles. The van der Waals surface area contributed by atoms with Crippen LogP contribution in [0.25, 0.3) is 0 Å². The number of amides is 1. The van der Waals surface area contributed by atoms with E-state index in [4.69, 9.17) is 23.2 Å². The molecule has 0 radical (unpaired) electrons. The van der Waals surface area contributed by atoms with Crippen molar-refractivity contribution in [2.45, 2.75) is 11.8 Å². The Morgan fingerprint density at radius 3 is 2.14 bits per heavy atom. The van der Waals surface area contributed by atoms with Crippen LogP contribution in [0.5, 0.6) is 0 Å². The molecule has 0 aliphatic carbocycles. The summed E-state index contributed by atoms with van der Waals surface area (Å²) in [5, 5.41) is 3.39. The first-order valence-electron chi connectivity index (χ1n) is 8.20. The van der Waals surface area contributed by atoms with Crippen LogP contribution >= 0.6 is 23.2 Å². The lowest BCUT2D eigenvalue weighted by molar-refractivity contribution is 0.102. The van der Waals surface area contributed by atoms with Gasteiger partial charge in [0.05, 0.1) is 15.6 Å². The Kier molecular flexibility index (Phi) is 5.93. The number of hydrogen-bond donors (Lipinski definition) is 2. The van der Waals surface area contributed by atoms with Crippen molar-refractivity contribution in [3.05, 3.63) is 87.9 Å². The van der Waals surface area contributed by atoms with Gasteiger partial charge in [-0.3, -0.25) is 9.52 Å². The van der Waals surface area contributed by atoms with E-state index in [0.717, 1.165) is 5.56 Å². The summed E-state index contributed by atoms with van der Waals surface area (Å²) in [5.74, 6) is -0.378. The number of rotatable bonds is 5. The van der Waals surface area contributed by atoms with Crippen LogP contribution in [0, 0.1) is 6.92 Å². The number of benzene rings is 3. The fourth-order valence-electron chi connectivity index (χ4n) is 2.40. The SMILES string of the molecule is Cc1ccc(S(=O)(=O)Nc2ccc(C(=O)Nc3ccc(Cl)cc3)cc2Cl)cc1. The highest BCUT2D eigenvalue weighted by Crippen LogP contribution is 2.26. The Labute approximate surface area is 173 Å². The zero-order valence-corrected chi connectivity index (χ0v) is 17.1. The Morgan fingerprint density at radius 1 is 0.893 bits per heavy atom. The standard InChI is InChI=1S/C20H16Cl2N2O3S/c1-13-2-9-17(10-3-13)28(26,27)24-19-11-4-14(12-18(19)22)20(25)23-16-7-5-15(21)6-8-16/h2-12,24H,1H3,(H,23,25). The largest absolute Gasteiger partial charge is 0.322 e. The van der Waals surface area contributed by atoms with Gasteiger partial charge in [-0.1, -0.05) is 40.9 Å². The van der Waals surface area contributed by atoms with Gasteiger partial charge in [0, 0.05) is 16.3 Å². The summed E-state index contributed by atoms with van der Waals surface area (Å²) in [4.78, 5) is 12.5. The Morgan fingerprint density at radius 2 is 1.54 bits per heavy atom. The molecule has 28 heavy (non-hydrogen) atoms. The molecule has 3 rings (SSSR count). The van der Waals surface area contributed by atoms with Crippen LogP contribution in [-0.4, -0.2) is 14.3 Å². The van der Waals surface area contributed by atoms with Crippen molar-refractivity contribution >= 4 is 50.5 Å². The molecule has 0 heterocycles. The summed E-state index contributed by atoms with van der Waals surface area (Å²) in [6.07, 6.45) is 0. The van der Waals surface area contributed by atoms with Gasteiger partial charge in [-0.25, -0.2) is 8.42 Å². The fourth-order valence-corrected chi connectivity index (χ4v) is 3.89. The number of hydrogen-bond acceptors (Lipinski definition) is 3. The number of nitrogens with one attached hydrogen (secondary N) is 2. The van der Waals surface area contributed by atoms with Crippen molar-refractivity contribution in [1.29, 1.82) is 0 Å². The average molecular weight is 435 g/mol. The lowest BCUT2D eigenvalue weighted by Crippen LogP contribution is -2.14. The molecule has 2 N–H and O–H groups in total. The minimum absolute atomic E-state index is 0.111. The molecule has 3 aromatic carbocycles. The van der Waals surface area contributed by atoms with Crippen LogP contribution in [0.4, 0.5) is 11.4 Å². The molecule has 0 unspecified atom stereocenters. The van der Waals surface area contributed by atoms with Gasteiger partial charge in [-0.05, 0) is 61.5 Å². The third-order valence-electron chi connectivity index (χ3n) is 3.91. The van der Waals surface area contributed by atoms with Gasteiger partial charge in [0.15, 0.2) is 0 Å². The summed E-state index contributed by atoms with van der Waals surface area (Å²) in [5.41, 5.74) is 2.01. The monoisotopic (exact) mass is 434 g/mol. The molecule has 8 heteroatoms. The van der Waals surface area contributed by atoms with Crippen LogP contribution in [-0.2, 0) is 10.0 Å². The molecule has 0 aliphatic heterocycles. The first kappa shape index (κ1) is 20.2. The number of halogens is 2. The van der Waals surface area contributed by atoms with E-state index in [1.807, 2.05) is 6.92 Å². The molecule has 5 nitrogen and oxygen atoms in total. The maximum Gasteiger partial charge on any atom is 0.261 e. The smallest absolute Gasteiger partial charge is 0.261 e. The zero-order chi connectivity index (χ0) is 20.3. The fraction of sp³-hybridized carbons (Fsp3) is 0.0500. The van der Waals surface area contributed by atoms with Crippen molar-refractivity contribution < 1.29 is 13.2 Å². The van der Waals surface area contributed by atoms with Crippen LogP contribution in [0.1, 0.15) is 15.9 Å². The summed E-state index contributed by atoms with van der Waals surface area (Å²) < 4.78 is 27.4. The second-order valence-corrected chi connectivity index (χ2v) is 8.60. The van der Waals surface area contributed by atoms with Crippen molar-refractivity contribution in [1.82, 2.24) is 0 Å². The third-order valence-corrected chi connectivity index (χ3v) is 5.86. The van der Waals surface area contributed by atoms with Crippen molar-refractivity contribution in [3.8, 4) is 0 Å². The molecule has 1 amide bonds. The third kappa shape index (κ3) is 4.84. The number of carbonyl (C=O) groups excluding carboxylic acids is 1. The van der Waals surface area contributed by atoms with Gasteiger partial charge >= 0.3 is 0 Å². The molecule has 0 saturated heterocycles. The van der Waals surface area contributed by atoms with Gasteiger partial charge in [0.2, 0.25) is 0 Å². The van der Waals surface area contributed by atoms with Crippen LogP contribution in [0.2, 0.25) is 10.0 Å². The van der Waals surface area contributed by atoms with E-state index >= 15 is 0 Å². The number of anilines is 2. The van der Waals surface area contributed by atoms with E-state index in [2.05, 4.69) is 10.0 Å². The molecular formula is C20H16Cl2N2O3S. The van der Waals surface area contributed by atoms with Crippen LogP contribution in [0.15, 0.2) is 71.6 Å². The Balaban J connectivity index is 1.77. The van der Waals surface area contributed by atoms with E-state index in [1.165, 1.54) is 30.3 Å². The lowest BCUT2D eigenvalue weighted by atomic mass is 10.2. The first-order valence-corrected chi connectivity index (χ1v) is 10.4. The first-order chi connectivity index (χ1) is 13.2. The van der Waals surface area contributed by atoms with Crippen molar-refractivity contribution in [3.63, 3.8) is 0 Å². The topological polar surface area (TPSA) is 75.3 Å². The normalized spacial score (nSPS) is 11.1. The lowest BCUT2D eigenvalue weighted by Gasteiger charge is -2.11. The summed E-state index contributed by atoms with van der Waals surface area (Å²) in [7, 11) is -3.79. The maximum atomic E-state index is 12.5. The molecule has 0 aromatic heterocycles. The number of sulfonamides is 1. The molecule has 0 atom stereocenters. The van der Waals surface area contributed by atoms with Gasteiger partial charge in [0.25, 0.3) is 15.9 Å². The molecule has 144 valence electrons. The van der Waals surface area contributed by atoms with E-state index < -0.39 is 10.0 Å². The van der Waals surface area contributed by atoms with Crippen LogP contribution in [0.3, 0.4) is 0 Å². The molecule has 0 fully saturated rings. The predicted octanol–water partition coefficient (Wildman–Crippen LogP) is 5.35. The second kappa shape index (κ2) is 8.22. The van der Waals surface area contributed by atoms with Crippen molar-refractivity contribution in [2.75, 3.05) is 10.0 Å². The minimum Gasteiger partial charge on any atom is -0.322 e. The van der Waals surface area contributed by atoms with Crippen molar-refractivity contribution in [2.24, 2.45) is 0 Å². The van der Waals surface area contributed by atoms with Gasteiger partial charge in [-0.15, -0.1) is 0 Å². The highest BCUT2D eigenvalue weighted by molar-refractivity contribution is 7.92. The van der Waals surface area contributed by atoms with Crippen LogP contribution < -0.4 is 10.0 Å². The Hall–Kier alpha value is -2.54. The molecule has 0 aliphatic rings. The molecular weight excluding hydrogens is 419 g/mol. The highest BCUT2D eigenvalue weighted by Gasteiger charge is 2.17. The summed E-state index contributed by atoms with van der Waals surface area (Å²) >= 11 is 12.0. The second-order valence-electron chi connectivity index (χ2n) is 6.07. The average Bonchev–Trinajstić information content (AvgIpc) is 2.65. The minimum atomic E-state index is -3.79. The zero-order valence-electron chi connectivity index (χ0n) is 14.7.